The first-order valence-electron chi connectivity index (χ1n) is 11.0. The third kappa shape index (κ3) is 8.80. The second-order valence-electron chi connectivity index (χ2n) is 7.54. The molecule has 0 unspecified atom stereocenters. The Morgan fingerprint density at radius 1 is 0.900 bits per heavy atom. The lowest BCUT2D eigenvalue weighted by Gasteiger charge is -2.11. The zero-order valence-corrected chi connectivity index (χ0v) is 18.4. The highest BCUT2D eigenvalue weighted by molar-refractivity contribution is 5.88. The molecule has 0 N–H and O–H groups in total. The first-order chi connectivity index (χ1) is 14.6. The van der Waals surface area contributed by atoms with Crippen LogP contribution >= 0.6 is 0 Å². The maximum Gasteiger partial charge on any atom is 0.363 e. The minimum Gasteiger partial charge on any atom is -0.493 e. The summed E-state index contributed by atoms with van der Waals surface area (Å²) >= 11 is 0. The molecule has 0 fully saturated rings. The molecule has 0 aliphatic rings. The van der Waals surface area contributed by atoms with Gasteiger partial charge < -0.3 is 14.2 Å². The van der Waals surface area contributed by atoms with Crippen LogP contribution in [0.5, 0.6) is 17.4 Å². The van der Waals surface area contributed by atoms with E-state index in [9.17, 15) is 4.79 Å². The van der Waals surface area contributed by atoms with Gasteiger partial charge in [-0.05, 0) is 36.6 Å². The van der Waals surface area contributed by atoms with Crippen LogP contribution in [0.3, 0.4) is 0 Å². The fourth-order valence-corrected chi connectivity index (χ4v) is 2.67. The zero-order chi connectivity index (χ0) is 21.6. The first kappa shape index (κ1) is 23.6. The van der Waals surface area contributed by atoms with E-state index in [1.165, 1.54) is 38.1 Å². The number of carbonyl (C=O) groups is 1. The highest BCUT2D eigenvalue weighted by Crippen LogP contribution is 2.19. The summed E-state index contributed by atoms with van der Waals surface area (Å²) in [6.45, 7) is 7.76. The van der Waals surface area contributed by atoms with Crippen LogP contribution in [0, 0.1) is 5.92 Å². The summed E-state index contributed by atoms with van der Waals surface area (Å²) in [5, 5.41) is 0. The van der Waals surface area contributed by atoms with Crippen molar-refractivity contribution in [3.8, 4) is 17.4 Å². The SMILES string of the molecule is CCCCCCCCOc1cnc(C(=O)Oc2ccc(OC[C@@H](C)CC)cc2)cn1. The third-order valence-corrected chi connectivity index (χ3v) is 4.85. The number of nitrogens with zero attached hydrogens (tertiary/aromatic N) is 2. The maximum atomic E-state index is 12.3. The van der Waals surface area contributed by atoms with Crippen molar-refractivity contribution in [3.63, 3.8) is 0 Å². The van der Waals surface area contributed by atoms with Gasteiger partial charge in [0.25, 0.3) is 0 Å². The Kier molecular flexibility index (Phi) is 10.7. The Labute approximate surface area is 180 Å². The van der Waals surface area contributed by atoms with Gasteiger partial charge in [-0.2, -0.15) is 0 Å². The second kappa shape index (κ2) is 13.6. The van der Waals surface area contributed by atoms with Crippen molar-refractivity contribution in [2.45, 2.75) is 65.7 Å². The number of esters is 1. The van der Waals surface area contributed by atoms with Gasteiger partial charge in [-0.15, -0.1) is 0 Å². The number of rotatable bonds is 14. The molecule has 6 nitrogen and oxygen atoms in total. The molecule has 0 amide bonds. The molecule has 0 aliphatic heterocycles. The molecule has 6 heteroatoms. The van der Waals surface area contributed by atoms with Gasteiger partial charge in [0.05, 0.1) is 25.6 Å². The lowest BCUT2D eigenvalue weighted by atomic mass is 10.1. The van der Waals surface area contributed by atoms with Gasteiger partial charge in [-0.3, -0.25) is 0 Å². The fourth-order valence-electron chi connectivity index (χ4n) is 2.67. The average Bonchev–Trinajstić information content (AvgIpc) is 2.78. The van der Waals surface area contributed by atoms with Crippen molar-refractivity contribution < 1.29 is 19.0 Å². The minimum absolute atomic E-state index is 0.138. The van der Waals surface area contributed by atoms with E-state index in [1.54, 1.807) is 24.3 Å². The summed E-state index contributed by atoms with van der Waals surface area (Å²) in [6.07, 6.45) is 11.1. The molecular formula is C24H34N2O4. The van der Waals surface area contributed by atoms with Crippen LogP contribution < -0.4 is 14.2 Å². The van der Waals surface area contributed by atoms with Gasteiger partial charge in [-0.25, -0.2) is 14.8 Å². The average molecular weight is 415 g/mol. The Balaban J connectivity index is 1.73. The van der Waals surface area contributed by atoms with Gasteiger partial charge >= 0.3 is 5.97 Å². The van der Waals surface area contributed by atoms with Crippen LogP contribution in [-0.2, 0) is 0 Å². The molecule has 1 aromatic carbocycles. The van der Waals surface area contributed by atoms with Crippen molar-refractivity contribution in [1.29, 1.82) is 0 Å². The second-order valence-corrected chi connectivity index (χ2v) is 7.54. The van der Waals surface area contributed by atoms with Gasteiger partial charge in [0.1, 0.15) is 11.5 Å². The van der Waals surface area contributed by atoms with E-state index in [-0.39, 0.29) is 5.69 Å². The van der Waals surface area contributed by atoms with Crippen LogP contribution in [0.2, 0.25) is 0 Å². The highest BCUT2D eigenvalue weighted by atomic mass is 16.5. The summed E-state index contributed by atoms with van der Waals surface area (Å²) < 4.78 is 16.6. The third-order valence-electron chi connectivity index (χ3n) is 4.85. The quantitative estimate of drug-likeness (QED) is 0.219. The van der Waals surface area contributed by atoms with Crippen molar-refractivity contribution in [3.05, 3.63) is 42.4 Å². The van der Waals surface area contributed by atoms with Crippen molar-refractivity contribution in [2.24, 2.45) is 5.92 Å². The van der Waals surface area contributed by atoms with E-state index in [2.05, 4.69) is 30.7 Å². The number of ether oxygens (including phenoxy) is 3. The Bertz CT molecular complexity index is 732. The van der Waals surface area contributed by atoms with E-state index < -0.39 is 5.97 Å². The van der Waals surface area contributed by atoms with E-state index in [0.717, 1.165) is 25.0 Å². The van der Waals surface area contributed by atoms with E-state index in [1.807, 2.05) is 0 Å². The molecule has 30 heavy (non-hydrogen) atoms. The molecule has 0 saturated heterocycles. The van der Waals surface area contributed by atoms with Crippen molar-refractivity contribution in [1.82, 2.24) is 9.97 Å². The van der Waals surface area contributed by atoms with Crippen LogP contribution in [0.4, 0.5) is 0 Å². The standard InChI is InChI=1S/C24H34N2O4/c1-4-6-7-8-9-10-15-28-23-17-25-22(16-26-23)24(27)30-21-13-11-20(12-14-21)29-18-19(3)5-2/h11-14,16-17,19H,4-10,15,18H2,1-3H3/t19-/m0/s1. The van der Waals surface area contributed by atoms with Gasteiger partial charge in [0.15, 0.2) is 5.69 Å². The van der Waals surface area contributed by atoms with Crippen molar-refractivity contribution in [2.75, 3.05) is 13.2 Å². The molecule has 0 radical (unpaired) electrons. The summed E-state index contributed by atoms with van der Waals surface area (Å²) in [4.78, 5) is 20.5. The van der Waals surface area contributed by atoms with Crippen LogP contribution in [-0.4, -0.2) is 29.2 Å². The number of hydrogen-bond acceptors (Lipinski definition) is 6. The summed E-state index contributed by atoms with van der Waals surface area (Å²) in [5.41, 5.74) is 0.138. The van der Waals surface area contributed by atoms with E-state index in [4.69, 9.17) is 14.2 Å². The van der Waals surface area contributed by atoms with Gasteiger partial charge in [0.2, 0.25) is 5.88 Å². The Morgan fingerprint density at radius 2 is 1.60 bits per heavy atom. The maximum absolute atomic E-state index is 12.3. The predicted octanol–water partition coefficient (Wildman–Crippen LogP) is 5.86. The fraction of sp³-hybridized carbons (Fsp3) is 0.542. The molecule has 0 spiro atoms. The zero-order valence-electron chi connectivity index (χ0n) is 18.4. The largest absolute Gasteiger partial charge is 0.493 e. The van der Waals surface area contributed by atoms with Gasteiger partial charge in [-0.1, -0.05) is 59.3 Å². The van der Waals surface area contributed by atoms with Crippen LogP contribution in [0.25, 0.3) is 0 Å². The number of unbranched alkanes of at least 4 members (excludes halogenated alkanes) is 5. The molecule has 0 aliphatic carbocycles. The predicted molar refractivity (Wildman–Crippen MR) is 117 cm³/mol. The Hall–Kier alpha value is -2.63. The van der Waals surface area contributed by atoms with Crippen molar-refractivity contribution >= 4 is 5.97 Å². The first-order valence-corrected chi connectivity index (χ1v) is 11.0. The lowest BCUT2D eigenvalue weighted by molar-refractivity contribution is 0.0727. The molecule has 2 aromatic rings. The molecule has 2 rings (SSSR count). The topological polar surface area (TPSA) is 70.5 Å². The minimum atomic E-state index is -0.557. The smallest absolute Gasteiger partial charge is 0.363 e. The monoisotopic (exact) mass is 414 g/mol. The normalized spacial score (nSPS) is 11.7. The number of aromatic nitrogens is 2. The summed E-state index contributed by atoms with van der Waals surface area (Å²) in [5.74, 6) is 1.54. The van der Waals surface area contributed by atoms with Gasteiger partial charge in [0, 0.05) is 0 Å². The molecule has 0 bridgehead atoms. The molecule has 1 heterocycles. The van der Waals surface area contributed by atoms with Crippen LogP contribution in [0.1, 0.15) is 76.2 Å². The lowest BCUT2D eigenvalue weighted by Crippen LogP contribution is -2.11. The number of benzene rings is 1. The van der Waals surface area contributed by atoms with E-state index >= 15 is 0 Å². The molecule has 1 atom stereocenters. The van der Waals surface area contributed by atoms with E-state index in [0.29, 0.717) is 30.8 Å². The molecule has 164 valence electrons. The number of hydrogen-bond donors (Lipinski definition) is 0. The molecular weight excluding hydrogens is 380 g/mol. The molecule has 1 aromatic heterocycles. The summed E-state index contributed by atoms with van der Waals surface area (Å²) in [7, 11) is 0. The Morgan fingerprint density at radius 3 is 2.27 bits per heavy atom. The molecule has 0 saturated carbocycles. The van der Waals surface area contributed by atoms with Crippen LogP contribution in [0.15, 0.2) is 36.7 Å². The highest BCUT2D eigenvalue weighted by Gasteiger charge is 2.12. The number of carbonyl (C=O) groups excluding carboxylic acids is 1. The summed E-state index contributed by atoms with van der Waals surface area (Å²) in [6, 6.07) is 6.98.